The summed E-state index contributed by atoms with van der Waals surface area (Å²) in [6.07, 6.45) is 0.662. The number of benzene rings is 1. The van der Waals surface area contributed by atoms with Crippen LogP contribution in [0.1, 0.15) is 18.3 Å². The van der Waals surface area contributed by atoms with E-state index >= 15 is 0 Å². The number of nitrogen functional groups attached to an aromatic ring is 1. The quantitative estimate of drug-likeness (QED) is 0.922. The van der Waals surface area contributed by atoms with Gasteiger partial charge in [-0.05, 0) is 25.1 Å². The second-order valence-electron chi connectivity index (χ2n) is 4.20. The Morgan fingerprint density at radius 1 is 1.32 bits per heavy atom. The SMILES string of the molecule is CCc1nc(N)c(C)c(-c2cc(F)ccc2OC)n1. The van der Waals surface area contributed by atoms with E-state index in [1.165, 1.54) is 19.2 Å². The highest BCUT2D eigenvalue weighted by Crippen LogP contribution is 2.32. The van der Waals surface area contributed by atoms with E-state index in [1.807, 2.05) is 13.8 Å². The molecule has 1 heterocycles. The Balaban J connectivity index is 2.70. The van der Waals surface area contributed by atoms with Crippen LogP contribution in [0, 0.1) is 12.7 Å². The monoisotopic (exact) mass is 261 g/mol. The first-order valence-corrected chi connectivity index (χ1v) is 6.03. The molecule has 0 aliphatic carbocycles. The third kappa shape index (κ3) is 2.50. The zero-order valence-electron chi connectivity index (χ0n) is 11.2. The minimum Gasteiger partial charge on any atom is -0.496 e. The molecule has 2 rings (SSSR count). The lowest BCUT2D eigenvalue weighted by atomic mass is 10.1. The molecular formula is C14H16FN3O. The molecule has 19 heavy (non-hydrogen) atoms. The van der Waals surface area contributed by atoms with Crippen LogP contribution in [0.5, 0.6) is 5.75 Å². The molecule has 0 aliphatic rings. The molecular weight excluding hydrogens is 245 g/mol. The first-order chi connectivity index (χ1) is 9.06. The molecule has 2 aromatic rings. The van der Waals surface area contributed by atoms with Crippen molar-refractivity contribution in [3.05, 3.63) is 35.4 Å². The largest absolute Gasteiger partial charge is 0.496 e. The summed E-state index contributed by atoms with van der Waals surface area (Å²) in [4.78, 5) is 8.62. The number of nitrogens with two attached hydrogens (primary N) is 1. The van der Waals surface area contributed by atoms with Gasteiger partial charge in [0.05, 0.1) is 12.8 Å². The summed E-state index contributed by atoms with van der Waals surface area (Å²) in [5.74, 6) is 1.26. The van der Waals surface area contributed by atoms with Crippen LogP contribution in [-0.4, -0.2) is 17.1 Å². The van der Waals surface area contributed by atoms with Crippen molar-refractivity contribution in [2.24, 2.45) is 0 Å². The zero-order valence-corrected chi connectivity index (χ0v) is 11.2. The van der Waals surface area contributed by atoms with Crippen molar-refractivity contribution in [3.63, 3.8) is 0 Å². The van der Waals surface area contributed by atoms with Crippen LogP contribution in [0.4, 0.5) is 10.2 Å². The Morgan fingerprint density at radius 3 is 2.68 bits per heavy atom. The molecule has 0 aliphatic heterocycles. The molecule has 100 valence electrons. The minimum atomic E-state index is -0.342. The predicted octanol–water partition coefficient (Wildman–Crippen LogP) is 2.74. The molecule has 0 spiro atoms. The van der Waals surface area contributed by atoms with Gasteiger partial charge in [-0.15, -0.1) is 0 Å². The Hall–Kier alpha value is -2.17. The van der Waals surface area contributed by atoms with Gasteiger partial charge in [-0.1, -0.05) is 6.92 Å². The smallest absolute Gasteiger partial charge is 0.131 e. The van der Waals surface area contributed by atoms with Gasteiger partial charge < -0.3 is 10.5 Å². The number of hydrogen-bond donors (Lipinski definition) is 1. The van der Waals surface area contributed by atoms with Crippen molar-refractivity contribution in [2.75, 3.05) is 12.8 Å². The number of ether oxygens (including phenoxy) is 1. The van der Waals surface area contributed by atoms with E-state index in [1.54, 1.807) is 6.07 Å². The van der Waals surface area contributed by atoms with Crippen molar-refractivity contribution >= 4 is 5.82 Å². The van der Waals surface area contributed by atoms with Crippen LogP contribution in [0.25, 0.3) is 11.3 Å². The highest BCUT2D eigenvalue weighted by Gasteiger charge is 2.15. The van der Waals surface area contributed by atoms with Crippen LogP contribution in [0.3, 0.4) is 0 Å². The summed E-state index contributed by atoms with van der Waals surface area (Å²) in [6.45, 7) is 3.76. The molecule has 0 bridgehead atoms. The fraction of sp³-hybridized carbons (Fsp3) is 0.286. The van der Waals surface area contributed by atoms with Gasteiger partial charge >= 0.3 is 0 Å². The standard InChI is InChI=1S/C14H16FN3O/c1-4-12-17-13(8(2)14(16)18-12)10-7-9(15)5-6-11(10)19-3/h5-7H,4H2,1-3H3,(H2,16,17,18). The molecule has 0 unspecified atom stereocenters. The summed E-state index contributed by atoms with van der Waals surface area (Å²) in [6, 6.07) is 4.32. The molecule has 0 amide bonds. The van der Waals surface area contributed by atoms with E-state index in [4.69, 9.17) is 10.5 Å². The summed E-state index contributed by atoms with van der Waals surface area (Å²) in [7, 11) is 1.54. The van der Waals surface area contributed by atoms with Crippen LogP contribution < -0.4 is 10.5 Å². The highest BCUT2D eigenvalue weighted by molar-refractivity contribution is 5.72. The number of methoxy groups -OCH3 is 1. The first kappa shape index (κ1) is 13.3. The summed E-state index contributed by atoms with van der Waals surface area (Å²) in [5, 5.41) is 0. The Kier molecular flexibility index (Phi) is 3.64. The fourth-order valence-corrected chi connectivity index (χ4v) is 1.87. The van der Waals surface area contributed by atoms with Crippen LogP contribution in [0.2, 0.25) is 0 Å². The average molecular weight is 261 g/mol. The topological polar surface area (TPSA) is 61.0 Å². The molecule has 5 heteroatoms. The zero-order chi connectivity index (χ0) is 14.0. The summed E-state index contributed by atoms with van der Waals surface area (Å²) < 4.78 is 18.7. The number of nitrogens with zero attached hydrogens (tertiary/aromatic N) is 2. The van der Waals surface area contributed by atoms with Gasteiger partial charge in [0.25, 0.3) is 0 Å². The maximum absolute atomic E-state index is 13.5. The number of anilines is 1. The third-order valence-electron chi connectivity index (χ3n) is 2.96. The lowest BCUT2D eigenvalue weighted by Crippen LogP contribution is -2.05. The van der Waals surface area contributed by atoms with Crippen LogP contribution >= 0.6 is 0 Å². The maximum Gasteiger partial charge on any atom is 0.131 e. The van der Waals surface area contributed by atoms with Crippen molar-refractivity contribution in [2.45, 2.75) is 20.3 Å². The van der Waals surface area contributed by atoms with E-state index < -0.39 is 0 Å². The van der Waals surface area contributed by atoms with Gasteiger partial charge in [0.2, 0.25) is 0 Å². The van der Waals surface area contributed by atoms with Crippen LogP contribution in [-0.2, 0) is 6.42 Å². The number of aryl methyl sites for hydroxylation is 1. The lowest BCUT2D eigenvalue weighted by molar-refractivity contribution is 0.415. The number of aromatic nitrogens is 2. The molecule has 0 saturated heterocycles. The van der Waals surface area contributed by atoms with E-state index in [-0.39, 0.29) is 5.82 Å². The molecule has 0 fully saturated rings. The molecule has 0 saturated carbocycles. The predicted molar refractivity (Wildman–Crippen MR) is 72.5 cm³/mol. The number of hydrogen-bond acceptors (Lipinski definition) is 4. The second kappa shape index (κ2) is 5.22. The Labute approximate surface area is 111 Å². The Bertz CT molecular complexity index is 614. The molecule has 2 N–H and O–H groups in total. The van der Waals surface area contributed by atoms with Gasteiger partial charge in [-0.25, -0.2) is 14.4 Å². The normalized spacial score (nSPS) is 10.5. The van der Waals surface area contributed by atoms with E-state index in [2.05, 4.69) is 9.97 Å². The summed E-state index contributed by atoms with van der Waals surface area (Å²) in [5.41, 5.74) is 7.80. The molecule has 1 aromatic carbocycles. The van der Waals surface area contributed by atoms with Crippen LogP contribution in [0.15, 0.2) is 18.2 Å². The van der Waals surface area contributed by atoms with Crippen molar-refractivity contribution in [1.29, 1.82) is 0 Å². The third-order valence-corrected chi connectivity index (χ3v) is 2.96. The lowest BCUT2D eigenvalue weighted by Gasteiger charge is -2.12. The molecule has 1 aromatic heterocycles. The Morgan fingerprint density at radius 2 is 2.05 bits per heavy atom. The van der Waals surface area contributed by atoms with Gasteiger partial charge in [0.1, 0.15) is 23.2 Å². The van der Waals surface area contributed by atoms with Crippen molar-refractivity contribution in [1.82, 2.24) is 9.97 Å². The molecule has 4 nitrogen and oxygen atoms in total. The van der Waals surface area contributed by atoms with Gasteiger partial charge in [0.15, 0.2) is 0 Å². The maximum atomic E-state index is 13.5. The van der Waals surface area contributed by atoms with Gasteiger partial charge in [-0.3, -0.25) is 0 Å². The minimum absolute atomic E-state index is 0.342. The second-order valence-corrected chi connectivity index (χ2v) is 4.20. The summed E-state index contributed by atoms with van der Waals surface area (Å²) >= 11 is 0. The molecule has 0 radical (unpaired) electrons. The van der Waals surface area contributed by atoms with Gasteiger partial charge in [0, 0.05) is 17.5 Å². The molecule has 0 atom stereocenters. The van der Waals surface area contributed by atoms with E-state index in [0.717, 1.165) is 5.56 Å². The average Bonchev–Trinajstić information content (AvgIpc) is 2.41. The van der Waals surface area contributed by atoms with E-state index in [9.17, 15) is 4.39 Å². The van der Waals surface area contributed by atoms with E-state index in [0.29, 0.717) is 35.1 Å². The van der Waals surface area contributed by atoms with Crippen molar-refractivity contribution in [3.8, 4) is 17.0 Å². The highest BCUT2D eigenvalue weighted by atomic mass is 19.1. The fourth-order valence-electron chi connectivity index (χ4n) is 1.87. The first-order valence-electron chi connectivity index (χ1n) is 6.03. The number of halogens is 1. The van der Waals surface area contributed by atoms with Crippen molar-refractivity contribution < 1.29 is 9.13 Å². The number of rotatable bonds is 3. The van der Waals surface area contributed by atoms with Gasteiger partial charge in [-0.2, -0.15) is 0 Å².